The molecule has 0 saturated heterocycles. The minimum Gasteiger partial charge on any atom is -0.384 e. The van der Waals surface area contributed by atoms with E-state index in [2.05, 4.69) is 15.5 Å². The van der Waals surface area contributed by atoms with Crippen LogP contribution in [0.5, 0.6) is 0 Å². The first-order chi connectivity index (χ1) is 5.61. The van der Waals surface area contributed by atoms with Gasteiger partial charge in [-0.1, -0.05) is 0 Å². The number of aliphatic hydroxyl groups is 1. The number of carbonyl (C=O) groups excluding carboxylic acids is 1. The van der Waals surface area contributed by atoms with Crippen molar-refractivity contribution in [2.24, 2.45) is 0 Å². The first kappa shape index (κ1) is 8.73. The van der Waals surface area contributed by atoms with E-state index < -0.39 is 12.0 Å². The molecule has 0 saturated carbocycles. The molecule has 1 aromatic heterocycles. The molecule has 5 nitrogen and oxygen atoms in total. The summed E-state index contributed by atoms with van der Waals surface area (Å²) >= 11 is 0. The summed E-state index contributed by atoms with van der Waals surface area (Å²) in [7, 11) is 0. The van der Waals surface area contributed by atoms with E-state index >= 15 is 0 Å². The Labute approximate surface area is 69.8 Å². The van der Waals surface area contributed by atoms with Crippen molar-refractivity contribution in [2.45, 2.75) is 20.0 Å². The van der Waals surface area contributed by atoms with Gasteiger partial charge in [0.25, 0.3) is 5.91 Å². The third-order valence-corrected chi connectivity index (χ3v) is 1.46. The third-order valence-electron chi connectivity index (χ3n) is 1.46. The van der Waals surface area contributed by atoms with Crippen molar-refractivity contribution in [3.63, 3.8) is 0 Å². The lowest BCUT2D eigenvalue weighted by Crippen LogP contribution is -2.24. The molecule has 0 radical (unpaired) electrons. The van der Waals surface area contributed by atoms with Gasteiger partial charge in [-0.15, -0.1) is 0 Å². The predicted molar refractivity (Wildman–Crippen MR) is 43.6 cm³/mol. The van der Waals surface area contributed by atoms with Crippen molar-refractivity contribution in [1.29, 1.82) is 0 Å². The minimum atomic E-state index is -1.01. The highest BCUT2D eigenvalue weighted by Gasteiger charge is 2.10. The zero-order valence-corrected chi connectivity index (χ0v) is 6.96. The van der Waals surface area contributed by atoms with E-state index in [1.807, 2.05) is 0 Å². The number of rotatable bonds is 2. The zero-order chi connectivity index (χ0) is 9.14. The van der Waals surface area contributed by atoms with E-state index in [9.17, 15) is 4.79 Å². The Morgan fingerprint density at radius 3 is 2.92 bits per heavy atom. The van der Waals surface area contributed by atoms with Gasteiger partial charge in [-0.2, -0.15) is 5.10 Å². The molecule has 1 aromatic rings. The van der Waals surface area contributed by atoms with Crippen molar-refractivity contribution >= 4 is 11.7 Å². The molecule has 66 valence electrons. The van der Waals surface area contributed by atoms with Crippen LogP contribution >= 0.6 is 0 Å². The van der Waals surface area contributed by atoms with Gasteiger partial charge in [-0.05, 0) is 13.8 Å². The lowest BCUT2D eigenvalue weighted by atomic mass is 10.3. The number of amides is 1. The van der Waals surface area contributed by atoms with E-state index in [4.69, 9.17) is 5.11 Å². The first-order valence-corrected chi connectivity index (χ1v) is 3.60. The topological polar surface area (TPSA) is 78.0 Å². The van der Waals surface area contributed by atoms with Crippen LogP contribution < -0.4 is 5.32 Å². The third kappa shape index (κ3) is 1.82. The number of H-pyrrole nitrogens is 1. The molecule has 12 heavy (non-hydrogen) atoms. The van der Waals surface area contributed by atoms with Crippen LogP contribution in [0.1, 0.15) is 12.5 Å². The largest absolute Gasteiger partial charge is 0.384 e. The molecule has 0 fully saturated rings. The molecule has 0 aliphatic rings. The molecule has 1 heterocycles. The fourth-order valence-corrected chi connectivity index (χ4v) is 0.701. The minimum absolute atomic E-state index is 0.442. The van der Waals surface area contributed by atoms with E-state index in [0.717, 1.165) is 5.56 Å². The molecule has 5 heteroatoms. The molecule has 0 aromatic carbocycles. The average Bonchev–Trinajstić information content (AvgIpc) is 2.36. The van der Waals surface area contributed by atoms with Gasteiger partial charge in [0, 0.05) is 5.56 Å². The standard InChI is InChI=1S/C7H11N3O2/c1-4-3-8-10-6(4)9-7(12)5(2)11/h3,5,11H,1-2H3,(H2,8,9,10,12)/t5-/m0/s1. The highest BCUT2D eigenvalue weighted by molar-refractivity contribution is 5.93. The van der Waals surface area contributed by atoms with Gasteiger partial charge >= 0.3 is 0 Å². The molecule has 0 bridgehead atoms. The van der Waals surface area contributed by atoms with Crippen LogP contribution in [0.25, 0.3) is 0 Å². The Bertz CT molecular complexity index is 280. The Balaban J connectivity index is 2.64. The molecular formula is C7H11N3O2. The summed E-state index contributed by atoms with van der Waals surface area (Å²) in [6.07, 6.45) is 0.588. The summed E-state index contributed by atoms with van der Waals surface area (Å²) in [6, 6.07) is 0. The molecule has 3 N–H and O–H groups in total. The normalized spacial score (nSPS) is 12.6. The molecular weight excluding hydrogens is 158 g/mol. The van der Waals surface area contributed by atoms with Crippen LogP contribution in [0.15, 0.2) is 6.20 Å². The zero-order valence-electron chi connectivity index (χ0n) is 6.96. The van der Waals surface area contributed by atoms with Gasteiger partial charge in [-0.25, -0.2) is 0 Å². The number of carbonyl (C=O) groups is 1. The molecule has 0 spiro atoms. The Kier molecular flexibility index (Phi) is 2.44. The Morgan fingerprint density at radius 1 is 1.83 bits per heavy atom. The summed E-state index contributed by atoms with van der Waals surface area (Å²) in [5.74, 6) is 0.0863. The number of aromatic nitrogens is 2. The Hall–Kier alpha value is -1.36. The lowest BCUT2D eigenvalue weighted by Gasteiger charge is -2.04. The number of aliphatic hydroxyl groups excluding tert-OH is 1. The number of aryl methyl sites for hydroxylation is 1. The van der Waals surface area contributed by atoms with Gasteiger partial charge < -0.3 is 10.4 Å². The summed E-state index contributed by atoms with van der Waals surface area (Å²) in [5.41, 5.74) is 0.837. The second kappa shape index (κ2) is 3.36. The summed E-state index contributed by atoms with van der Waals surface area (Å²) in [5, 5.41) is 17.7. The quantitative estimate of drug-likeness (QED) is 0.584. The number of nitrogens with one attached hydrogen (secondary N) is 2. The highest BCUT2D eigenvalue weighted by Crippen LogP contribution is 2.08. The molecule has 0 aliphatic carbocycles. The molecule has 0 aliphatic heterocycles. The lowest BCUT2D eigenvalue weighted by molar-refractivity contribution is -0.123. The highest BCUT2D eigenvalue weighted by atomic mass is 16.3. The summed E-state index contributed by atoms with van der Waals surface area (Å²) < 4.78 is 0. The van der Waals surface area contributed by atoms with Gasteiger partial charge in [0.15, 0.2) is 0 Å². The van der Waals surface area contributed by atoms with Gasteiger partial charge in [-0.3, -0.25) is 9.89 Å². The number of anilines is 1. The van der Waals surface area contributed by atoms with Gasteiger partial charge in [0.2, 0.25) is 0 Å². The van der Waals surface area contributed by atoms with Crippen LogP contribution in [0.2, 0.25) is 0 Å². The van der Waals surface area contributed by atoms with Crippen LogP contribution in [-0.4, -0.2) is 27.3 Å². The smallest absolute Gasteiger partial charge is 0.254 e. The molecule has 0 unspecified atom stereocenters. The van der Waals surface area contributed by atoms with Crippen LogP contribution in [-0.2, 0) is 4.79 Å². The van der Waals surface area contributed by atoms with Gasteiger partial charge in [0.05, 0.1) is 6.20 Å². The second-order valence-corrected chi connectivity index (χ2v) is 2.59. The maximum atomic E-state index is 11.0. The fourth-order valence-electron chi connectivity index (χ4n) is 0.701. The van der Waals surface area contributed by atoms with Crippen molar-refractivity contribution in [3.05, 3.63) is 11.8 Å². The average molecular weight is 169 g/mol. The van der Waals surface area contributed by atoms with Crippen molar-refractivity contribution in [2.75, 3.05) is 5.32 Å². The monoisotopic (exact) mass is 169 g/mol. The van der Waals surface area contributed by atoms with E-state index in [-0.39, 0.29) is 0 Å². The predicted octanol–water partition coefficient (Wildman–Crippen LogP) is 0.0374. The molecule has 1 atom stereocenters. The van der Waals surface area contributed by atoms with Crippen molar-refractivity contribution in [3.8, 4) is 0 Å². The molecule has 1 rings (SSSR count). The number of aromatic amines is 1. The SMILES string of the molecule is Cc1cn[nH]c1NC(=O)[C@H](C)O. The maximum Gasteiger partial charge on any atom is 0.254 e. The first-order valence-electron chi connectivity index (χ1n) is 3.60. The fraction of sp³-hybridized carbons (Fsp3) is 0.429. The summed E-state index contributed by atoms with van der Waals surface area (Å²) in [4.78, 5) is 11.0. The number of nitrogens with zero attached hydrogens (tertiary/aromatic N) is 1. The number of hydrogen-bond donors (Lipinski definition) is 3. The Morgan fingerprint density at radius 2 is 2.50 bits per heavy atom. The second-order valence-electron chi connectivity index (χ2n) is 2.59. The van der Waals surface area contributed by atoms with E-state index in [1.165, 1.54) is 6.92 Å². The summed E-state index contributed by atoms with van der Waals surface area (Å²) in [6.45, 7) is 3.21. The van der Waals surface area contributed by atoms with E-state index in [1.54, 1.807) is 13.1 Å². The van der Waals surface area contributed by atoms with Crippen molar-refractivity contribution < 1.29 is 9.90 Å². The molecule has 1 amide bonds. The van der Waals surface area contributed by atoms with E-state index in [0.29, 0.717) is 5.82 Å². The van der Waals surface area contributed by atoms with Crippen molar-refractivity contribution in [1.82, 2.24) is 10.2 Å². The van der Waals surface area contributed by atoms with Crippen LogP contribution in [0.4, 0.5) is 5.82 Å². The van der Waals surface area contributed by atoms with Crippen LogP contribution in [0, 0.1) is 6.92 Å². The van der Waals surface area contributed by atoms with Gasteiger partial charge in [0.1, 0.15) is 11.9 Å². The number of hydrogen-bond acceptors (Lipinski definition) is 3. The maximum absolute atomic E-state index is 11.0. The van der Waals surface area contributed by atoms with Crippen LogP contribution in [0.3, 0.4) is 0 Å².